The van der Waals surface area contributed by atoms with Gasteiger partial charge < -0.3 is 15.5 Å². The van der Waals surface area contributed by atoms with Crippen molar-refractivity contribution in [2.45, 2.75) is 32.6 Å². The van der Waals surface area contributed by atoms with Crippen LogP contribution in [0, 0.1) is 5.41 Å². The molecule has 0 spiro atoms. The summed E-state index contributed by atoms with van der Waals surface area (Å²) in [7, 11) is 0. The molecule has 3 aliphatic heterocycles. The molecule has 0 saturated carbocycles. The standard InChI is InChI=1S/C26H29ClN6O/c1-26-10-3-2-4-13-28-24-21(33-15-5-14-29-33)8-9-23(30-24)31-25(34)20-7-6-19(27)18-22(20)32(16-11-26)17-12-26/h2-3,5-9,14-15,18H,4,10-13,16-17H2,1H3,(H2,28,30,31,34)/b3-2+. The second kappa shape index (κ2) is 9.50. The summed E-state index contributed by atoms with van der Waals surface area (Å²) in [6, 6.07) is 11.1. The SMILES string of the molecule is CC12C/C=C/CCNc3nc(ccc3-n3cccn3)NC(=O)c3ccc(Cl)cc3N(CC1)CC2. The van der Waals surface area contributed by atoms with Crippen LogP contribution in [0.2, 0.25) is 5.02 Å². The zero-order valence-electron chi connectivity index (χ0n) is 19.3. The molecule has 5 heterocycles. The average Bonchev–Trinajstić information content (AvgIpc) is 3.36. The van der Waals surface area contributed by atoms with Gasteiger partial charge in [-0.05, 0) is 67.5 Å². The number of allylic oxidation sites excluding steroid dienone is 1. The molecule has 1 amide bonds. The smallest absolute Gasteiger partial charge is 0.258 e. The van der Waals surface area contributed by atoms with E-state index in [0.29, 0.717) is 22.2 Å². The first-order valence-electron chi connectivity index (χ1n) is 11.8. The third-order valence-electron chi connectivity index (χ3n) is 6.76. The molecule has 3 aliphatic rings. The third-order valence-corrected chi connectivity index (χ3v) is 7.00. The Morgan fingerprint density at radius 2 is 1.94 bits per heavy atom. The minimum Gasteiger partial charge on any atom is -0.371 e. The van der Waals surface area contributed by atoms with Gasteiger partial charge in [0.25, 0.3) is 5.91 Å². The van der Waals surface area contributed by atoms with Crippen molar-refractivity contribution in [1.82, 2.24) is 14.8 Å². The van der Waals surface area contributed by atoms with E-state index >= 15 is 0 Å². The number of amides is 1. The summed E-state index contributed by atoms with van der Waals surface area (Å²) in [6.45, 7) is 4.89. The fraction of sp³-hybridized carbons (Fsp3) is 0.346. The van der Waals surface area contributed by atoms with Crippen LogP contribution in [0.4, 0.5) is 17.3 Å². The van der Waals surface area contributed by atoms with Crippen LogP contribution >= 0.6 is 11.6 Å². The zero-order chi connectivity index (χ0) is 23.5. The maximum Gasteiger partial charge on any atom is 0.258 e. The number of carbonyl (C=O) groups excluding carboxylic acids is 1. The second-order valence-electron chi connectivity index (χ2n) is 9.32. The van der Waals surface area contributed by atoms with Gasteiger partial charge in [-0.2, -0.15) is 5.10 Å². The number of nitrogens with one attached hydrogen (secondary N) is 2. The number of anilines is 3. The Morgan fingerprint density at radius 1 is 1.09 bits per heavy atom. The summed E-state index contributed by atoms with van der Waals surface area (Å²) < 4.78 is 1.77. The van der Waals surface area contributed by atoms with Crippen molar-refractivity contribution >= 4 is 34.8 Å². The normalized spacial score (nSPS) is 19.0. The van der Waals surface area contributed by atoms with Gasteiger partial charge >= 0.3 is 0 Å². The van der Waals surface area contributed by atoms with E-state index in [1.165, 1.54) is 0 Å². The van der Waals surface area contributed by atoms with Crippen LogP contribution in [-0.4, -0.2) is 40.3 Å². The number of hydrogen-bond acceptors (Lipinski definition) is 5. The molecule has 1 saturated heterocycles. The molecule has 6 rings (SSSR count). The second-order valence-corrected chi connectivity index (χ2v) is 9.76. The van der Waals surface area contributed by atoms with Crippen molar-refractivity contribution in [3.63, 3.8) is 0 Å². The number of fused-ring (bicyclic) bond motifs is 7. The van der Waals surface area contributed by atoms with Gasteiger partial charge in [0, 0.05) is 37.1 Å². The van der Waals surface area contributed by atoms with E-state index in [1.54, 1.807) is 29.1 Å². The molecule has 0 radical (unpaired) electrons. The largest absolute Gasteiger partial charge is 0.371 e. The molecule has 7 nitrogen and oxygen atoms in total. The van der Waals surface area contributed by atoms with E-state index in [9.17, 15) is 4.79 Å². The lowest BCUT2D eigenvalue weighted by Gasteiger charge is -2.40. The number of aromatic nitrogens is 3. The Kier molecular flexibility index (Phi) is 6.28. The van der Waals surface area contributed by atoms with Crippen molar-refractivity contribution in [3.8, 4) is 5.69 Å². The molecule has 34 heavy (non-hydrogen) atoms. The lowest BCUT2D eigenvalue weighted by atomic mass is 9.77. The van der Waals surface area contributed by atoms with Gasteiger partial charge in [-0.3, -0.25) is 4.79 Å². The van der Waals surface area contributed by atoms with E-state index in [1.807, 2.05) is 24.4 Å². The van der Waals surface area contributed by atoms with E-state index in [-0.39, 0.29) is 11.3 Å². The van der Waals surface area contributed by atoms with Crippen LogP contribution in [0.5, 0.6) is 0 Å². The molecule has 2 aromatic heterocycles. The van der Waals surface area contributed by atoms with Gasteiger partial charge in [-0.1, -0.05) is 30.7 Å². The molecule has 0 unspecified atom stereocenters. The van der Waals surface area contributed by atoms with E-state index < -0.39 is 0 Å². The van der Waals surface area contributed by atoms with Crippen LogP contribution in [0.1, 0.15) is 43.0 Å². The van der Waals surface area contributed by atoms with Gasteiger partial charge in [0.05, 0.1) is 11.3 Å². The van der Waals surface area contributed by atoms with Gasteiger partial charge in [-0.15, -0.1) is 0 Å². The summed E-state index contributed by atoms with van der Waals surface area (Å²) >= 11 is 6.34. The van der Waals surface area contributed by atoms with Gasteiger partial charge in [0.2, 0.25) is 0 Å². The molecule has 2 N–H and O–H groups in total. The summed E-state index contributed by atoms with van der Waals surface area (Å²) in [5.74, 6) is 0.956. The summed E-state index contributed by atoms with van der Waals surface area (Å²) in [6.07, 6.45) is 12.2. The molecule has 8 heteroatoms. The first-order valence-corrected chi connectivity index (χ1v) is 12.1. The maximum absolute atomic E-state index is 13.4. The molecule has 1 aromatic carbocycles. The monoisotopic (exact) mass is 476 g/mol. The van der Waals surface area contributed by atoms with E-state index in [2.05, 4.69) is 39.7 Å². The molecule has 4 bridgehead atoms. The molecular formula is C26H29ClN6O. The number of piperidine rings is 1. The van der Waals surface area contributed by atoms with Crippen molar-refractivity contribution in [3.05, 3.63) is 71.5 Å². The fourth-order valence-electron chi connectivity index (χ4n) is 4.64. The van der Waals surface area contributed by atoms with Crippen molar-refractivity contribution in [1.29, 1.82) is 0 Å². The van der Waals surface area contributed by atoms with Gasteiger partial charge in [0.15, 0.2) is 5.82 Å². The maximum atomic E-state index is 13.4. The minimum atomic E-state index is -0.198. The molecule has 0 aliphatic carbocycles. The van der Waals surface area contributed by atoms with Crippen LogP contribution in [0.25, 0.3) is 5.69 Å². The zero-order valence-corrected chi connectivity index (χ0v) is 20.1. The summed E-state index contributed by atoms with van der Waals surface area (Å²) in [5.41, 5.74) is 2.56. The van der Waals surface area contributed by atoms with Gasteiger partial charge in [0.1, 0.15) is 11.5 Å². The van der Waals surface area contributed by atoms with Crippen LogP contribution in [0.3, 0.4) is 0 Å². The van der Waals surface area contributed by atoms with Crippen molar-refractivity contribution < 1.29 is 4.79 Å². The predicted molar refractivity (Wildman–Crippen MR) is 137 cm³/mol. The van der Waals surface area contributed by atoms with Crippen molar-refractivity contribution in [2.24, 2.45) is 5.41 Å². The first-order chi connectivity index (χ1) is 16.5. The lowest BCUT2D eigenvalue weighted by molar-refractivity contribution is 0.102. The van der Waals surface area contributed by atoms with Crippen LogP contribution < -0.4 is 15.5 Å². The number of carbonyl (C=O) groups is 1. The number of pyridine rings is 1. The molecular weight excluding hydrogens is 448 g/mol. The topological polar surface area (TPSA) is 75.1 Å². The number of hydrogen-bond donors (Lipinski definition) is 2. The van der Waals surface area contributed by atoms with Crippen molar-refractivity contribution in [2.75, 3.05) is 35.2 Å². The number of nitrogens with zero attached hydrogens (tertiary/aromatic N) is 4. The lowest BCUT2D eigenvalue weighted by Crippen LogP contribution is -2.39. The minimum absolute atomic E-state index is 0.198. The quantitative estimate of drug-likeness (QED) is 0.451. The Morgan fingerprint density at radius 3 is 2.74 bits per heavy atom. The van der Waals surface area contributed by atoms with Gasteiger partial charge in [-0.25, -0.2) is 9.67 Å². The highest BCUT2D eigenvalue weighted by atomic mass is 35.5. The summed E-state index contributed by atoms with van der Waals surface area (Å²) in [4.78, 5) is 20.3. The average molecular weight is 477 g/mol. The van der Waals surface area contributed by atoms with Crippen LogP contribution in [-0.2, 0) is 0 Å². The predicted octanol–water partition coefficient (Wildman–Crippen LogP) is 5.54. The highest BCUT2D eigenvalue weighted by molar-refractivity contribution is 6.31. The molecule has 3 aromatic rings. The molecule has 0 atom stereocenters. The number of rotatable bonds is 1. The molecule has 1 fully saturated rings. The van der Waals surface area contributed by atoms with E-state index in [0.717, 1.165) is 56.7 Å². The van der Waals surface area contributed by atoms with Crippen LogP contribution in [0.15, 0.2) is 60.9 Å². The highest BCUT2D eigenvalue weighted by Crippen LogP contribution is 2.38. The summed E-state index contributed by atoms with van der Waals surface area (Å²) in [5, 5.41) is 11.4. The Hall–Kier alpha value is -3.32. The third kappa shape index (κ3) is 4.80. The highest BCUT2D eigenvalue weighted by Gasteiger charge is 2.30. The number of halogens is 1. The fourth-order valence-corrected chi connectivity index (χ4v) is 4.81. The Balaban J connectivity index is 1.52. The Labute approximate surface area is 204 Å². The first kappa shape index (κ1) is 22.5. The van der Waals surface area contributed by atoms with E-state index in [4.69, 9.17) is 16.6 Å². The molecule has 176 valence electrons. The number of benzene rings is 1. The Bertz CT molecular complexity index is 1200.